The highest BCUT2D eigenvalue weighted by atomic mass is 16.5. The van der Waals surface area contributed by atoms with Crippen LogP contribution in [0.25, 0.3) is 5.69 Å². The molecule has 10 heteroatoms. The second kappa shape index (κ2) is 8.37. The summed E-state index contributed by atoms with van der Waals surface area (Å²) in [5.74, 6) is -2.68. The third kappa shape index (κ3) is 3.77. The summed E-state index contributed by atoms with van der Waals surface area (Å²) in [4.78, 5) is 37.9. The highest BCUT2D eigenvalue weighted by Gasteiger charge is 2.33. The molecule has 1 aromatic heterocycles. The Morgan fingerprint density at radius 3 is 2.37 bits per heavy atom. The SMILES string of the molecule is COC(=O)C1=C(C(=O)OC)N(c2ccc(-n3nc(C)cc3C)c(C(=O)O)c2)COC1. The summed E-state index contributed by atoms with van der Waals surface area (Å²) in [6.45, 7) is 3.41. The number of hydrogen-bond donors (Lipinski definition) is 1. The molecule has 0 saturated heterocycles. The Balaban J connectivity index is 2.16. The molecular weight excluding hydrogens is 394 g/mol. The molecule has 2 heterocycles. The Hall–Kier alpha value is -3.66. The fourth-order valence-electron chi connectivity index (χ4n) is 3.27. The molecule has 0 spiro atoms. The molecule has 1 aliphatic heterocycles. The minimum absolute atomic E-state index is 0.0184. The topological polar surface area (TPSA) is 120 Å². The number of rotatable bonds is 5. The van der Waals surface area contributed by atoms with Gasteiger partial charge in [0.25, 0.3) is 0 Å². The van der Waals surface area contributed by atoms with Crippen LogP contribution in [-0.2, 0) is 23.8 Å². The van der Waals surface area contributed by atoms with Crippen LogP contribution >= 0.6 is 0 Å². The largest absolute Gasteiger partial charge is 0.478 e. The number of aromatic nitrogens is 2. The van der Waals surface area contributed by atoms with E-state index in [2.05, 4.69) is 5.10 Å². The van der Waals surface area contributed by atoms with E-state index < -0.39 is 17.9 Å². The van der Waals surface area contributed by atoms with Crippen molar-refractivity contribution < 1.29 is 33.7 Å². The zero-order chi connectivity index (χ0) is 22.0. The number of carbonyl (C=O) groups is 3. The minimum Gasteiger partial charge on any atom is -0.478 e. The molecule has 0 saturated carbocycles. The van der Waals surface area contributed by atoms with Crippen LogP contribution in [0.4, 0.5) is 5.69 Å². The number of aromatic carboxylic acids is 1. The Kier molecular flexibility index (Phi) is 5.88. The number of methoxy groups -OCH3 is 2. The molecule has 3 rings (SSSR count). The predicted molar refractivity (Wildman–Crippen MR) is 104 cm³/mol. The number of anilines is 1. The van der Waals surface area contributed by atoms with Gasteiger partial charge in [0, 0.05) is 11.4 Å². The number of ether oxygens (including phenoxy) is 3. The molecule has 1 N–H and O–H groups in total. The Bertz CT molecular complexity index is 1050. The monoisotopic (exact) mass is 415 g/mol. The summed E-state index contributed by atoms with van der Waals surface area (Å²) in [6.07, 6.45) is 0. The molecule has 2 aromatic rings. The number of hydrogen-bond acceptors (Lipinski definition) is 8. The van der Waals surface area contributed by atoms with Gasteiger partial charge in [-0.05, 0) is 38.1 Å². The van der Waals surface area contributed by atoms with Crippen molar-refractivity contribution in [3.05, 3.63) is 52.5 Å². The van der Waals surface area contributed by atoms with Gasteiger partial charge in [0.2, 0.25) is 0 Å². The number of esters is 2. The van der Waals surface area contributed by atoms with Crippen molar-refractivity contribution in [2.24, 2.45) is 0 Å². The molecule has 1 aromatic carbocycles. The van der Waals surface area contributed by atoms with Crippen LogP contribution in [0.1, 0.15) is 21.7 Å². The third-order valence-corrected chi connectivity index (χ3v) is 4.59. The summed E-state index contributed by atoms with van der Waals surface area (Å²) in [7, 11) is 2.38. The highest BCUT2D eigenvalue weighted by Crippen LogP contribution is 2.30. The number of carboxylic acid groups (broad SMARTS) is 1. The van der Waals surface area contributed by atoms with Gasteiger partial charge in [-0.25, -0.2) is 19.1 Å². The molecule has 0 unspecified atom stereocenters. The van der Waals surface area contributed by atoms with Gasteiger partial charge in [-0.3, -0.25) is 0 Å². The van der Waals surface area contributed by atoms with Crippen molar-refractivity contribution in [2.45, 2.75) is 13.8 Å². The first kappa shape index (κ1) is 21.1. The van der Waals surface area contributed by atoms with Crippen molar-refractivity contribution in [2.75, 3.05) is 32.5 Å². The zero-order valence-corrected chi connectivity index (χ0v) is 17.0. The molecule has 30 heavy (non-hydrogen) atoms. The van der Waals surface area contributed by atoms with E-state index in [1.165, 1.54) is 29.9 Å². The molecule has 0 radical (unpaired) electrons. The average Bonchev–Trinajstić information content (AvgIpc) is 3.09. The second-order valence-corrected chi connectivity index (χ2v) is 6.56. The lowest BCUT2D eigenvalue weighted by atomic mass is 10.1. The van der Waals surface area contributed by atoms with Crippen LogP contribution in [-0.4, -0.2) is 60.4 Å². The molecule has 0 atom stereocenters. The Labute approximate surface area is 172 Å². The molecular formula is C20H21N3O7. The van der Waals surface area contributed by atoms with Crippen molar-refractivity contribution in [1.29, 1.82) is 0 Å². The van der Waals surface area contributed by atoms with Crippen LogP contribution in [0, 0.1) is 13.8 Å². The van der Waals surface area contributed by atoms with E-state index in [-0.39, 0.29) is 30.2 Å². The molecule has 0 aliphatic carbocycles. The molecule has 1 aliphatic rings. The van der Waals surface area contributed by atoms with Crippen molar-refractivity contribution in [3.8, 4) is 5.69 Å². The summed E-state index contributed by atoms with van der Waals surface area (Å²) in [5.41, 5.74) is 2.10. The van der Waals surface area contributed by atoms with E-state index in [0.717, 1.165) is 11.4 Å². The molecule has 0 fully saturated rings. The second-order valence-electron chi connectivity index (χ2n) is 6.56. The minimum atomic E-state index is -1.17. The molecule has 0 bridgehead atoms. The fraction of sp³-hybridized carbons (Fsp3) is 0.300. The number of benzene rings is 1. The average molecular weight is 415 g/mol. The van der Waals surface area contributed by atoms with Gasteiger partial charge in [0.05, 0.1) is 43.3 Å². The Morgan fingerprint density at radius 1 is 1.10 bits per heavy atom. The lowest BCUT2D eigenvalue weighted by Gasteiger charge is -2.31. The van der Waals surface area contributed by atoms with E-state index >= 15 is 0 Å². The van der Waals surface area contributed by atoms with Crippen LogP contribution in [0.5, 0.6) is 0 Å². The summed E-state index contributed by atoms with van der Waals surface area (Å²) < 4.78 is 16.5. The molecule has 158 valence electrons. The summed E-state index contributed by atoms with van der Waals surface area (Å²) in [6, 6.07) is 6.42. The van der Waals surface area contributed by atoms with Gasteiger partial charge in [-0.2, -0.15) is 5.10 Å². The number of aryl methyl sites for hydroxylation is 2. The Morgan fingerprint density at radius 2 is 1.80 bits per heavy atom. The van der Waals surface area contributed by atoms with E-state index in [0.29, 0.717) is 11.4 Å². The van der Waals surface area contributed by atoms with E-state index in [9.17, 15) is 19.5 Å². The van der Waals surface area contributed by atoms with Crippen molar-refractivity contribution in [3.63, 3.8) is 0 Å². The van der Waals surface area contributed by atoms with Gasteiger partial charge in [-0.15, -0.1) is 0 Å². The first-order chi connectivity index (χ1) is 14.3. The number of carboxylic acids is 1. The van der Waals surface area contributed by atoms with Crippen LogP contribution in [0.15, 0.2) is 35.5 Å². The van der Waals surface area contributed by atoms with Crippen LogP contribution in [0.3, 0.4) is 0 Å². The van der Waals surface area contributed by atoms with Gasteiger partial charge < -0.3 is 24.2 Å². The predicted octanol–water partition coefficient (Wildman–Crippen LogP) is 1.58. The smallest absolute Gasteiger partial charge is 0.355 e. The van der Waals surface area contributed by atoms with Crippen molar-refractivity contribution >= 4 is 23.6 Å². The van der Waals surface area contributed by atoms with Crippen LogP contribution < -0.4 is 4.90 Å². The van der Waals surface area contributed by atoms with Crippen molar-refractivity contribution in [1.82, 2.24) is 9.78 Å². The van der Waals surface area contributed by atoms with Gasteiger partial charge >= 0.3 is 17.9 Å². The summed E-state index contributed by atoms with van der Waals surface area (Å²) in [5, 5.41) is 14.1. The fourth-order valence-corrected chi connectivity index (χ4v) is 3.27. The standard InChI is InChI=1S/C20H21N3O7/c1-11-7-12(2)23(21-11)16-6-5-13(8-14(16)18(24)25)22-10-30-9-15(19(26)28-3)17(22)20(27)29-4/h5-8H,9-10H2,1-4H3,(H,24,25). The van der Waals surface area contributed by atoms with E-state index in [4.69, 9.17) is 14.2 Å². The van der Waals surface area contributed by atoms with E-state index in [1.807, 2.05) is 19.9 Å². The third-order valence-electron chi connectivity index (χ3n) is 4.59. The zero-order valence-electron chi connectivity index (χ0n) is 17.0. The maximum absolute atomic E-state index is 12.4. The lowest BCUT2D eigenvalue weighted by molar-refractivity contribution is -0.140. The van der Waals surface area contributed by atoms with Crippen LogP contribution in [0.2, 0.25) is 0 Å². The lowest BCUT2D eigenvalue weighted by Crippen LogP contribution is -2.38. The van der Waals surface area contributed by atoms with Gasteiger partial charge in [0.15, 0.2) is 0 Å². The molecule has 10 nitrogen and oxygen atoms in total. The molecule has 0 amide bonds. The number of carbonyl (C=O) groups excluding carboxylic acids is 2. The maximum atomic E-state index is 12.4. The highest BCUT2D eigenvalue weighted by molar-refractivity contribution is 6.03. The summed E-state index contributed by atoms with van der Waals surface area (Å²) >= 11 is 0. The normalized spacial score (nSPS) is 13.9. The van der Waals surface area contributed by atoms with Gasteiger partial charge in [-0.1, -0.05) is 0 Å². The van der Waals surface area contributed by atoms with Gasteiger partial charge in [0.1, 0.15) is 12.4 Å². The van der Waals surface area contributed by atoms with E-state index in [1.54, 1.807) is 12.1 Å². The first-order valence-electron chi connectivity index (χ1n) is 8.94. The number of nitrogens with zero attached hydrogens (tertiary/aromatic N) is 3. The quantitative estimate of drug-likeness (QED) is 0.726. The maximum Gasteiger partial charge on any atom is 0.355 e. The first-order valence-corrected chi connectivity index (χ1v) is 8.94.